The van der Waals surface area contributed by atoms with Crippen LogP contribution in [0.5, 0.6) is 0 Å². The highest BCUT2D eigenvalue weighted by molar-refractivity contribution is 4.75. The molecule has 11 heavy (non-hydrogen) atoms. The van der Waals surface area contributed by atoms with Crippen LogP contribution < -0.4 is 0 Å². The number of aliphatic hydroxyl groups is 2. The minimum atomic E-state index is -0.778. The van der Waals surface area contributed by atoms with E-state index in [1.807, 2.05) is 4.90 Å². The van der Waals surface area contributed by atoms with E-state index in [1.54, 1.807) is 0 Å². The third kappa shape index (κ3) is 2.75. The molecule has 65 valence electrons. The summed E-state index contributed by atoms with van der Waals surface area (Å²) < 4.78 is 0. The molecule has 1 aliphatic rings. The van der Waals surface area contributed by atoms with Gasteiger partial charge < -0.3 is 10.2 Å². The molecule has 0 spiro atoms. The fourth-order valence-electron chi connectivity index (χ4n) is 1.33. The standard InChI is InChI=1S/C7H14NO3/c9-5-7(11)4-8-2-1-6(10)3-8/h6-7,10-11H,1-5H2. The summed E-state index contributed by atoms with van der Waals surface area (Å²) in [4.78, 5) is 1.91. The molecule has 1 fully saturated rings. The van der Waals surface area contributed by atoms with Crippen molar-refractivity contribution in [3.05, 3.63) is 0 Å². The van der Waals surface area contributed by atoms with Gasteiger partial charge in [-0.05, 0) is 6.42 Å². The molecule has 4 heteroatoms. The van der Waals surface area contributed by atoms with E-state index in [1.165, 1.54) is 0 Å². The van der Waals surface area contributed by atoms with Gasteiger partial charge in [-0.15, -0.1) is 0 Å². The van der Waals surface area contributed by atoms with Crippen LogP contribution in [-0.4, -0.2) is 53.6 Å². The van der Waals surface area contributed by atoms with Crippen LogP contribution >= 0.6 is 0 Å². The van der Waals surface area contributed by atoms with Gasteiger partial charge in [-0.1, -0.05) is 0 Å². The zero-order valence-corrected chi connectivity index (χ0v) is 6.44. The van der Waals surface area contributed by atoms with Crippen molar-refractivity contribution < 1.29 is 15.3 Å². The van der Waals surface area contributed by atoms with Gasteiger partial charge in [-0.25, -0.2) is 5.11 Å². The van der Waals surface area contributed by atoms with Crippen molar-refractivity contribution in [2.75, 3.05) is 26.2 Å². The van der Waals surface area contributed by atoms with E-state index in [-0.39, 0.29) is 6.10 Å². The predicted molar refractivity (Wildman–Crippen MR) is 38.6 cm³/mol. The Bertz CT molecular complexity index is 120. The van der Waals surface area contributed by atoms with E-state index < -0.39 is 12.7 Å². The molecule has 2 atom stereocenters. The third-order valence-corrected chi connectivity index (χ3v) is 1.91. The van der Waals surface area contributed by atoms with Gasteiger partial charge in [-0.3, -0.25) is 4.90 Å². The number of hydrogen-bond donors (Lipinski definition) is 2. The van der Waals surface area contributed by atoms with Crippen LogP contribution in [0.1, 0.15) is 6.42 Å². The van der Waals surface area contributed by atoms with E-state index in [4.69, 9.17) is 10.2 Å². The number of aliphatic hydroxyl groups excluding tert-OH is 2. The zero-order chi connectivity index (χ0) is 8.27. The summed E-state index contributed by atoms with van der Waals surface area (Å²) in [7, 11) is 0. The Kier molecular flexibility index (Phi) is 3.26. The zero-order valence-electron chi connectivity index (χ0n) is 6.44. The molecular weight excluding hydrogens is 146 g/mol. The topological polar surface area (TPSA) is 63.6 Å². The maximum absolute atomic E-state index is 10.2. The predicted octanol–water partition coefficient (Wildman–Crippen LogP) is -1.16. The molecule has 1 heterocycles. The summed E-state index contributed by atoms with van der Waals surface area (Å²) in [5.74, 6) is 0. The van der Waals surface area contributed by atoms with Crippen LogP contribution in [-0.2, 0) is 5.11 Å². The lowest BCUT2D eigenvalue weighted by molar-refractivity contribution is 0.0320. The SMILES string of the molecule is [O]CC(O)CN1CCC(O)C1. The summed E-state index contributed by atoms with van der Waals surface area (Å²) in [5.41, 5.74) is 0. The minimum Gasteiger partial charge on any atom is -0.392 e. The molecule has 4 nitrogen and oxygen atoms in total. The largest absolute Gasteiger partial charge is 0.392 e. The van der Waals surface area contributed by atoms with Crippen LogP contribution in [0.25, 0.3) is 0 Å². The highest BCUT2D eigenvalue weighted by atomic mass is 16.3. The number of hydrogen-bond acceptors (Lipinski definition) is 3. The Hall–Kier alpha value is -0.160. The average molecular weight is 160 g/mol. The first kappa shape index (κ1) is 8.93. The first-order chi connectivity index (χ1) is 5.22. The Labute approximate surface area is 66.1 Å². The smallest absolute Gasteiger partial charge is 0.109 e. The maximum Gasteiger partial charge on any atom is 0.109 e. The van der Waals surface area contributed by atoms with Crippen LogP contribution in [0.4, 0.5) is 0 Å². The average Bonchev–Trinajstić information content (AvgIpc) is 2.35. The number of nitrogens with zero attached hydrogens (tertiary/aromatic N) is 1. The maximum atomic E-state index is 10.2. The fourth-order valence-corrected chi connectivity index (χ4v) is 1.33. The summed E-state index contributed by atoms with van der Waals surface area (Å²) in [6.45, 7) is 1.34. The second-order valence-electron chi connectivity index (χ2n) is 3.02. The van der Waals surface area contributed by atoms with Gasteiger partial charge in [0.25, 0.3) is 0 Å². The molecule has 1 radical (unpaired) electrons. The van der Waals surface area contributed by atoms with Crippen LogP contribution in [0.3, 0.4) is 0 Å². The molecule has 0 aliphatic carbocycles. The molecule has 0 bridgehead atoms. The van der Waals surface area contributed by atoms with E-state index in [0.29, 0.717) is 13.1 Å². The first-order valence-electron chi connectivity index (χ1n) is 3.89. The van der Waals surface area contributed by atoms with E-state index >= 15 is 0 Å². The Morgan fingerprint density at radius 1 is 1.64 bits per heavy atom. The fraction of sp³-hybridized carbons (Fsp3) is 1.00. The lowest BCUT2D eigenvalue weighted by atomic mass is 10.3. The Morgan fingerprint density at radius 2 is 2.36 bits per heavy atom. The van der Waals surface area contributed by atoms with Crippen LogP contribution in [0.15, 0.2) is 0 Å². The third-order valence-electron chi connectivity index (χ3n) is 1.91. The number of β-amino-alcohol motifs (C(OH)–C–C–N with tert-alkyl or cyclic N) is 2. The summed E-state index contributed by atoms with van der Waals surface area (Å²) in [5, 5.41) is 28.2. The number of likely N-dealkylation sites (tertiary alicyclic amines) is 1. The molecule has 0 saturated carbocycles. The molecule has 2 N–H and O–H groups in total. The molecule has 2 unspecified atom stereocenters. The summed E-state index contributed by atoms with van der Waals surface area (Å²) in [6.07, 6.45) is -0.292. The number of rotatable bonds is 3. The van der Waals surface area contributed by atoms with Gasteiger partial charge in [0.2, 0.25) is 0 Å². The van der Waals surface area contributed by atoms with Gasteiger partial charge in [-0.2, -0.15) is 0 Å². The summed E-state index contributed by atoms with van der Waals surface area (Å²) >= 11 is 0. The second-order valence-corrected chi connectivity index (χ2v) is 3.02. The lowest BCUT2D eigenvalue weighted by Gasteiger charge is -2.16. The van der Waals surface area contributed by atoms with Crippen molar-refractivity contribution in [1.29, 1.82) is 0 Å². The summed E-state index contributed by atoms with van der Waals surface area (Å²) in [6, 6.07) is 0. The first-order valence-corrected chi connectivity index (χ1v) is 3.89. The van der Waals surface area contributed by atoms with E-state index in [0.717, 1.165) is 13.0 Å². The van der Waals surface area contributed by atoms with Crippen molar-refractivity contribution in [3.63, 3.8) is 0 Å². The lowest BCUT2D eigenvalue weighted by Crippen LogP contribution is -2.32. The van der Waals surface area contributed by atoms with E-state index in [2.05, 4.69) is 0 Å². The normalized spacial score (nSPS) is 29.2. The van der Waals surface area contributed by atoms with Crippen molar-refractivity contribution >= 4 is 0 Å². The van der Waals surface area contributed by atoms with E-state index in [9.17, 15) is 5.11 Å². The van der Waals surface area contributed by atoms with Gasteiger partial charge in [0.1, 0.15) is 6.61 Å². The highest BCUT2D eigenvalue weighted by Gasteiger charge is 2.21. The van der Waals surface area contributed by atoms with Crippen molar-refractivity contribution in [1.82, 2.24) is 4.90 Å². The molecule has 1 saturated heterocycles. The van der Waals surface area contributed by atoms with Crippen LogP contribution in [0.2, 0.25) is 0 Å². The molecule has 0 aromatic heterocycles. The van der Waals surface area contributed by atoms with Gasteiger partial charge in [0.05, 0.1) is 12.2 Å². The van der Waals surface area contributed by atoms with Crippen molar-refractivity contribution in [2.45, 2.75) is 18.6 Å². The molecule has 0 aromatic rings. The minimum absolute atomic E-state index is 0.270. The van der Waals surface area contributed by atoms with Crippen LogP contribution in [0, 0.1) is 0 Å². The van der Waals surface area contributed by atoms with Crippen molar-refractivity contribution in [2.24, 2.45) is 0 Å². The van der Waals surface area contributed by atoms with Gasteiger partial charge in [0, 0.05) is 19.6 Å². The molecule has 1 aliphatic heterocycles. The molecule has 0 aromatic carbocycles. The Morgan fingerprint density at radius 3 is 2.82 bits per heavy atom. The highest BCUT2D eigenvalue weighted by Crippen LogP contribution is 2.08. The molecule has 1 rings (SSSR count). The molecular formula is C7H14NO3. The van der Waals surface area contributed by atoms with Gasteiger partial charge in [0.15, 0.2) is 0 Å². The monoisotopic (exact) mass is 160 g/mol. The molecule has 0 amide bonds. The van der Waals surface area contributed by atoms with Crippen molar-refractivity contribution in [3.8, 4) is 0 Å². The van der Waals surface area contributed by atoms with Gasteiger partial charge >= 0.3 is 0 Å². The Balaban J connectivity index is 2.17. The quantitative estimate of drug-likeness (QED) is 0.547. The second kappa shape index (κ2) is 4.01.